The van der Waals surface area contributed by atoms with Crippen molar-refractivity contribution in [3.63, 3.8) is 0 Å². The number of amides is 3. The van der Waals surface area contributed by atoms with Crippen molar-refractivity contribution in [2.24, 2.45) is 5.41 Å². The lowest BCUT2D eigenvalue weighted by atomic mass is 9.86. The molecule has 0 unspecified atom stereocenters. The Morgan fingerprint density at radius 2 is 1.48 bits per heavy atom. The van der Waals surface area contributed by atoms with Gasteiger partial charge in [0.2, 0.25) is 0 Å². The van der Waals surface area contributed by atoms with Crippen LogP contribution in [0.2, 0.25) is 0 Å². The lowest BCUT2D eigenvalue weighted by molar-refractivity contribution is -0.147. The van der Waals surface area contributed by atoms with Gasteiger partial charge in [-0.1, -0.05) is 142 Å². The average Bonchev–Trinajstić information content (AvgIpc) is 3.44. The average molecular weight is 705 g/mol. The number of nitrogens with zero attached hydrogens (tertiary/aromatic N) is 1. The Balaban J connectivity index is 1.48. The van der Waals surface area contributed by atoms with E-state index in [0.717, 1.165) is 27.8 Å². The molecule has 0 aromatic heterocycles. The topological polar surface area (TPSA) is 140 Å². The van der Waals surface area contributed by atoms with Crippen molar-refractivity contribution in [1.82, 2.24) is 21.1 Å². The number of carbonyl (C=O) groups excluding carboxylic acids is 3. The molecular weight excluding hydrogens is 656 g/mol. The van der Waals surface area contributed by atoms with E-state index in [1.54, 1.807) is 0 Å². The summed E-state index contributed by atoms with van der Waals surface area (Å²) >= 11 is 0. The number of alkyl carbamates (subject to hydrolysis) is 1. The van der Waals surface area contributed by atoms with Gasteiger partial charge < -0.3 is 25.6 Å². The van der Waals surface area contributed by atoms with Crippen LogP contribution in [0, 0.1) is 5.41 Å². The SMILES string of the molecule is COC(=O)N[C@H](C(=O)NN(Cc1cccc(C=Cc2ccccc2)c1)C[C@@](O)(Cc1ccccc1)C(=O)N[C@H]1c2ccccc2C[C@H]1O)C(C)(C)C. The minimum absolute atomic E-state index is 0.0839. The van der Waals surface area contributed by atoms with Crippen LogP contribution < -0.4 is 16.1 Å². The maximum absolute atomic E-state index is 14.3. The summed E-state index contributed by atoms with van der Waals surface area (Å²) in [7, 11) is 1.22. The highest BCUT2D eigenvalue weighted by Gasteiger charge is 2.43. The molecule has 0 spiro atoms. The second kappa shape index (κ2) is 16.8. The van der Waals surface area contributed by atoms with E-state index in [0.29, 0.717) is 12.0 Å². The van der Waals surface area contributed by atoms with Gasteiger partial charge in [0.1, 0.15) is 6.04 Å². The number of hydrogen-bond donors (Lipinski definition) is 5. The Morgan fingerprint density at radius 1 is 0.865 bits per heavy atom. The summed E-state index contributed by atoms with van der Waals surface area (Å²) in [5.41, 5.74) is 5.27. The molecule has 52 heavy (non-hydrogen) atoms. The smallest absolute Gasteiger partial charge is 0.407 e. The summed E-state index contributed by atoms with van der Waals surface area (Å²) in [6, 6.07) is 32.5. The number of hydrogen-bond acceptors (Lipinski definition) is 7. The highest BCUT2D eigenvalue weighted by molar-refractivity contribution is 5.87. The second-order valence-electron chi connectivity index (χ2n) is 14.4. The van der Waals surface area contributed by atoms with Crippen LogP contribution in [-0.4, -0.2) is 64.5 Å². The number of methoxy groups -OCH3 is 1. The zero-order valence-electron chi connectivity index (χ0n) is 30.1. The summed E-state index contributed by atoms with van der Waals surface area (Å²) in [6.45, 7) is 5.20. The van der Waals surface area contributed by atoms with Gasteiger partial charge in [-0.2, -0.15) is 0 Å². The van der Waals surface area contributed by atoms with Crippen LogP contribution in [0.3, 0.4) is 0 Å². The Bertz CT molecular complexity index is 1860. The Hall–Kier alpha value is -5.29. The quantitative estimate of drug-likeness (QED) is 0.0952. The van der Waals surface area contributed by atoms with E-state index in [-0.39, 0.29) is 19.5 Å². The van der Waals surface area contributed by atoms with Crippen molar-refractivity contribution >= 4 is 30.1 Å². The first-order chi connectivity index (χ1) is 24.8. The Labute approximate surface area is 305 Å². The first-order valence-electron chi connectivity index (χ1n) is 17.4. The number of aliphatic hydroxyl groups is 2. The molecule has 0 saturated carbocycles. The van der Waals surface area contributed by atoms with Gasteiger partial charge in [-0.05, 0) is 38.8 Å². The lowest BCUT2D eigenvalue weighted by Crippen LogP contribution is -2.62. The van der Waals surface area contributed by atoms with Gasteiger partial charge in [0, 0.05) is 19.4 Å². The molecule has 10 heteroatoms. The molecule has 5 rings (SSSR count). The van der Waals surface area contributed by atoms with Crippen molar-refractivity contribution in [3.05, 3.63) is 143 Å². The van der Waals surface area contributed by atoms with Gasteiger partial charge in [-0.25, -0.2) is 9.80 Å². The summed E-state index contributed by atoms with van der Waals surface area (Å²) in [6.07, 6.45) is 2.64. The van der Waals surface area contributed by atoms with E-state index in [2.05, 4.69) is 16.1 Å². The lowest BCUT2D eigenvalue weighted by Gasteiger charge is -2.37. The van der Waals surface area contributed by atoms with Gasteiger partial charge in [0.05, 0.1) is 25.8 Å². The van der Waals surface area contributed by atoms with E-state index in [1.165, 1.54) is 12.1 Å². The molecular formula is C42H48N4O6. The molecule has 0 aliphatic heterocycles. The molecule has 272 valence electrons. The highest BCUT2D eigenvalue weighted by atomic mass is 16.5. The predicted octanol–water partition coefficient (Wildman–Crippen LogP) is 5.21. The zero-order chi connectivity index (χ0) is 37.3. The molecule has 3 amide bonds. The maximum atomic E-state index is 14.3. The summed E-state index contributed by atoms with van der Waals surface area (Å²) in [5, 5.41) is 30.5. The summed E-state index contributed by atoms with van der Waals surface area (Å²) in [4.78, 5) is 40.6. The molecule has 0 heterocycles. The Kier molecular flexibility index (Phi) is 12.3. The van der Waals surface area contributed by atoms with Gasteiger partial charge in [-0.15, -0.1) is 0 Å². The van der Waals surface area contributed by atoms with Gasteiger partial charge in [-0.3, -0.25) is 15.0 Å². The number of nitrogens with one attached hydrogen (secondary N) is 3. The van der Waals surface area contributed by atoms with Crippen LogP contribution >= 0.6 is 0 Å². The zero-order valence-corrected chi connectivity index (χ0v) is 30.1. The third-order valence-electron chi connectivity index (χ3n) is 9.14. The number of benzene rings is 4. The standard InChI is InChI=1S/C42H48N4O6/c1-41(2,3)37(44-40(50)52-4)38(48)45-46(27-32-19-13-18-30(24-32)23-22-29-14-7-5-8-15-29)28-42(51,26-31-16-9-6-10-17-31)39(49)43-36-34-21-12-11-20-33(34)25-35(36)47/h5-24,35-37,47,51H,25-28H2,1-4H3,(H,43,49)(H,44,50)(H,45,48)/t35-,36+,37-,42+/m1/s1. The molecule has 1 aliphatic rings. The van der Waals surface area contributed by atoms with Crippen molar-refractivity contribution in [1.29, 1.82) is 0 Å². The number of ether oxygens (including phenoxy) is 1. The van der Waals surface area contributed by atoms with E-state index in [1.807, 2.05) is 142 Å². The minimum Gasteiger partial charge on any atom is -0.453 e. The molecule has 4 atom stereocenters. The molecule has 5 N–H and O–H groups in total. The van der Waals surface area contributed by atoms with Gasteiger partial charge in [0.15, 0.2) is 5.60 Å². The van der Waals surface area contributed by atoms with E-state index in [4.69, 9.17) is 4.74 Å². The monoisotopic (exact) mass is 704 g/mol. The molecule has 0 fully saturated rings. The third-order valence-corrected chi connectivity index (χ3v) is 9.14. The maximum Gasteiger partial charge on any atom is 0.407 e. The van der Waals surface area contributed by atoms with Crippen molar-refractivity contribution in [3.8, 4) is 0 Å². The van der Waals surface area contributed by atoms with Gasteiger partial charge in [0.25, 0.3) is 11.8 Å². The predicted molar refractivity (Wildman–Crippen MR) is 201 cm³/mol. The van der Waals surface area contributed by atoms with Crippen LogP contribution in [0.5, 0.6) is 0 Å². The molecule has 0 radical (unpaired) electrons. The number of rotatable bonds is 13. The fourth-order valence-electron chi connectivity index (χ4n) is 6.46. The van der Waals surface area contributed by atoms with E-state index >= 15 is 0 Å². The normalized spacial score (nSPS) is 17.2. The fraction of sp³-hybridized carbons (Fsp3) is 0.310. The second-order valence-corrected chi connectivity index (χ2v) is 14.4. The largest absolute Gasteiger partial charge is 0.453 e. The number of hydrazine groups is 1. The molecule has 10 nitrogen and oxygen atoms in total. The number of carbonyl (C=O) groups is 3. The number of fused-ring (bicyclic) bond motifs is 1. The van der Waals surface area contributed by atoms with Gasteiger partial charge >= 0.3 is 6.09 Å². The van der Waals surface area contributed by atoms with Crippen LogP contribution in [0.4, 0.5) is 4.79 Å². The number of aliphatic hydroxyl groups excluding tert-OH is 1. The summed E-state index contributed by atoms with van der Waals surface area (Å²) in [5.74, 6) is -1.25. The molecule has 0 saturated heterocycles. The van der Waals surface area contributed by atoms with E-state index in [9.17, 15) is 24.6 Å². The van der Waals surface area contributed by atoms with Crippen LogP contribution in [0.15, 0.2) is 109 Å². The minimum atomic E-state index is -2.08. The van der Waals surface area contributed by atoms with E-state index < -0.39 is 47.1 Å². The molecule has 1 aliphatic carbocycles. The molecule has 0 bridgehead atoms. The molecule has 4 aromatic rings. The summed E-state index contributed by atoms with van der Waals surface area (Å²) < 4.78 is 4.81. The van der Waals surface area contributed by atoms with Crippen LogP contribution in [0.25, 0.3) is 12.2 Å². The van der Waals surface area contributed by atoms with Crippen molar-refractivity contribution < 1.29 is 29.3 Å². The fourth-order valence-corrected chi connectivity index (χ4v) is 6.46. The third kappa shape index (κ3) is 9.94. The molecule has 4 aromatic carbocycles. The van der Waals surface area contributed by atoms with Crippen LogP contribution in [0.1, 0.15) is 60.2 Å². The highest BCUT2D eigenvalue weighted by Crippen LogP contribution is 2.32. The van der Waals surface area contributed by atoms with Crippen molar-refractivity contribution in [2.45, 2.75) is 63.9 Å². The first-order valence-corrected chi connectivity index (χ1v) is 17.4. The Morgan fingerprint density at radius 3 is 2.17 bits per heavy atom. The van der Waals surface area contributed by atoms with Crippen LogP contribution in [-0.2, 0) is 33.7 Å². The first kappa shape index (κ1) is 38.0. The van der Waals surface area contributed by atoms with Crippen molar-refractivity contribution in [2.75, 3.05) is 13.7 Å².